The second-order valence-corrected chi connectivity index (χ2v) is 4.49. The number of nitrogens with zero attached hydrogens (tertiary/aromatic N) is 1. The summed E-state index contributed by atoms with van der Waals surface area (Å²) >= 11 is 0. The van der Waals surface area contributed by atoms with Crippen LogP contribution < -0.4 is 5.32 Å². The summed E-state index contributed by atoms with van der Waals surface area (Å²) in [6, 6.07) is 4.39. The van der Waals surface area contributed by atoms with E-state index in [0.29, 0.717) is 0 Å². The van der Waals surface area contributed by atoms with Crippen molar-refractivity contribution in [3.8, 4) is 0 Å². The largest absolute Gasteiger partial charge is 0.466 e. The van der Waals surface area contributed by atoms with Gasteiger partial charge in [0.25, 0.3) is 0 Å². The molecule has 2 aromatic rings. The Labute approximate surface area is 102 Å². The van der Waals surface area contributed by atoms with E-state index in [1.807, 2.05) is 33.2 Å². The van der Waals surface area contributed by atoms with Gasteiger partial charge in [-0.05, 0) is 45.4 Å². The summed E-state index contributed by atoms with van der Waals surface area (Å²) in [4.78, 5) is 4.17. The first-order chi connectivity index (χ1) is 8.06. The maximum Gasteiger partial charge on any atom is 0.106 e. The molecule has 1 N–H and O–H groups in total. The molecule has 2 heterocycles. The lowest BCUT2D eigenvalue weighted by molar-refractivity contribution is 0.500. The molecule has 0 aliphatic heterocycles. The van der Waals surface area contributed by atoms with Gasteiger partial charge in [0.2, 0.25) is 0 Å². The summed E-state index contributed by atoms with van der Waals surface area (Å²) in [5.74, 6) is 1.93. The molecule has 0 saturated heterocycles. The zero-order chi connectivity index (χ0) is 12.4. The number of anilines is 1. The number of aromatic nitrogens is 1. The van der Waals surface area contributed by atoms with Crippen LogP contribution in [0.5, 0.6) is 0 Å². The first-order valence-electron chi connectivity index (χ1n) is 5.81. The average Bonchev–Trinajstić information content (AvgIpc) is 2.58. The summed E-state index contributed by atoms with van der Waals surface area (Å²) in [5.41, 5.74) is 3.39. The molecule has 0 spiro atoms. The molecule has 0 aliphatic rings. The van der Waals surface area contributed by atoms with Crippen LogP contribution in [0.1, 0.15) is 35.6 Å². The minimum Gasteiger partial charge on any atom is -0.466 e. The van der Waals surface area contributed by atoms with Crippen molar-refractivity contribution < 1.29 is 4.42 Å². The Morgan fingerprint density at radius 3 is 2.53 bits per heavy atom. The Hall–Kier alpha value is -1.77. The van der Waals surface area contributed by atoms with E-state index in [9.17, 15) is 0 Å². The molecular formula is C14H18N2O. The third-order valence-corrected chi connectivity index (χ3v) is 2.80. The molecule has 2 rings (SSSR count). The van der Waals surface area contributed by atoms with Gasteiger partial charge in [-0.25, -0.2) is 0 Å². The van der Waals surface area contributed by atoms with Gasteiger partial charge in [-0.15, -0.1) is 0 Å². The Morgan fingerprint density at radius 1 is 1.18 bits per heavy atom. The van der Waals surface area contributed by atoms with Crippen LogP contribution in [-0.2, 0) is 0 Å². The highest BCUT2D eigenvalue weighted by atomic mass is 16.3. The molecule has 0 radical (unpaired) electrons. The van der Waals surface area contributed by atoms with Gasteiger partial charge < -0.3 is 9.73 Å². The van der Waals surface area contributed by atoms with E-state index in [0.717, 1.165) is 22.8 Å². The molecule has 3 heteroatoms. The van der Waals surface area contributed by atoms with Crippen molar-refractivity contribution in [1.82, 2.24) is 4.98 Å². The maximum absolute atomic E-state index is 5.54. The molecular weight excluding hydrogens is 212 g/mol. The van der Waals surface area contributed by atoms with E-state index in [1.165, 1.54) is 5.56 Å². The highest BCUT2D eigenvalue weighted by Crippen LogP contribution is 2.24. The van der Waals surface area contributed by atoms with Crippen LogP contribution in [0, 0.1) is 20.8 Å². The summed E-state index contributed by atoms with van der Waals surface area (Å²) in [6.07, 6.45) is 3.69. The van der Waals surface area contributed by atoms with Gasteiger partial charge in [0.15, 0.2) is 0 Å². The van der Waals surface area contributed by atoms with E-state index >= 15 is 0 Å². The number of furan rings is 1. The number of aryl methyl sites for hydroxylation is 3. The van der Waals surface area contributed by atoms with Crippen LogP contribution in [0.2, 0.25) is 0 Å². The molecule has 1 unspecified atom stereocenters. The smallest absolute Gasteiger partial charge is 0.106 e. The zero-order valence-electron chi connectivity index (χ0n) is 10.7. The molecule has 0 amide bonds. The number of nitrogens with one attached hydrogen (secondary N) is 1. The monoisotopic (exact) mass is 230 g/mol. The van der Waals surface area contributed by atoms with E-state index in [2.05, 4.69) is 29.4 Å². The van der Waals surface area contributed by atoms with Crippen molar-refractivity contribution in [2.75, 3.05) is 5.32 Å². The Morgan fingerprint density at radius 2 is 1.94 bits per heavy atom. The minimum absolute atomic E-state index is 0.219. The van der Waals surface area contributed by atoms with E-state index < -0.39 is 0 Å². The predicted octanol–water partition coefficient (Wildman–Crippen LogP) is 3.77. The van der Waals surface area contributed by atoms with Crippen LogP contribution in [0.25, 0.3) is 0 Å². The molecule has 3 nitrogen and oxygen atoms in total. The number of rotatable bonds is 3. The summed E-state index contributed by atoms with van der Waals surface area (Å²) in [5, 5.41) is 3.43. The lowest BCUT2D eigenvalue weighted by Gasteiger charge is -2.14. The van der Waals surface area contributed by atoms with Crippen molar-refractivity contribution >= 4 is 5.69 Å². The molecule has 90 valence electrons. The van der Waals surface area contributed by atoms with Crippen molar-refractivity contribution in [1.29, 1.82) is 0 Å². The SMILES string of the molecule is Cc1cncc(NC(C)c2cc(C)oc2C)c1. The first kappa shape index (κ1) is 11.7. The lowest BCUT2D eigenvalue weighted by atomic mass is 10.1. The fourth-order valence-corrected chi connectivity index (χ4v) is 2.04. The van der Waals surface area contributed by atoms with Crippen LogP contribution in [0.4, 0.5) is 5.69 Å². The number of hydrogen-bond acceptors (Lipinski definition) is 3. The van der Waals surface area contributed by atoms with Gasteiger partial charge in [0.05, 0.1) is 11.7 Å². The third kappa shape index (κ3) is 2.67. The molecule has 1 atom stereocenters. The van der Waals surface area contributed by atoms with Crippen molar-refractivity contribution in [3.05, 3.63) is 47.2 Å². The Balaban J connectivity index is 2.16. The standard InChI is InChI=1S/C14H18N2O/c1-9-5-13(8-15-7-9)16-11(3)14-6-10(2)17-12(14)4/h5-8,11,16H,1-4H3. The fraction of sp³-hybridized carbons (Fsp3) is 0.357. The summed E-state index contributed by atoms with van der Waals surface area (Å²) in [6.45, 7) is 8.13. The van der Waals surface area contributed by atoms with Gasteiger partial charge in [-0.3, -0.25) is 4.98 Å². The van der Waals surface area contributed by atoms with Crippen LogP contribution in [-0.4, -0.2) is 4.98 Å². The van der Waals surface area contributed by atoms with Crippen molar-refractivity contribution in [3.63, 3.8) is 0 Å². The molecule has 0 saturated carbocycles. The van der Waals surface area contributed by atoms with Crippen molar-refractivity contribution in [2.45, 2.75) is 33.7 Å². The fourth-order valence-electron chi connectivity index (χ4n) is 2.04. The van der Waals surface area contributed by atoms with Gasteiger partial charge in [-0.1, -0.05) is 0 Å². The molecule has 17 heavy (non-hydrogen) atoms. The zero-order valence-corrected chi connectivity index (χ0v) is 10.7. The van der Waals surface area contributed by atoms with Gasteiger partial charge in [0, 0.05) is 18.0 Å². The highest BCUT2D eigenvalue weighted by Gasteiger charge is 2.12. The summed E-state index contributed by atoms with van der Waals surface area (Å²) in [7, 11) is 0. The normalized spacial score (nSPS) is 12.5. The quantitative estimate of drug-likeness (QED) is 0.872. The first-order valence-corrected chi connectivity index (χ1v) is 5.81. The topological polar surface area (TPSA) is 38.1 Å². The number of pyridine rings is 1. The van der Waals surface area contributed by atoms with E-state index in [4.69, 9.17) is 4.42 Å². The minimum atomic E-state index is 0.219. The second-order valence-electron chi connectivity index (χ2n) is 4.49. The predicted molar refractivity (Wildman–Crippen MR) is 69.2 cm³/mol. The third-order valence-electron chi connectivity index (χ3n) is 2.80. The molecule has 0 aromatic carbocycles. The molecule has 0 bridgehead atoms. The second kappa shape index (κ2) is 4.62. The molecule has 2 aromatic heterocycles. The Kier molecular flexibility index (Phi) is 3.18. The van der Waals surface area contributed by atoms with Gasteiger partial charge in [-0.2, -0.15) is 0 Å². The Bertz CT molecular complexity index is 517. The van der Waals surface area contributed by atoms with E-state index in [-0.39, 0.29) is 6.04 Å². The lowest BCUT2D eigenvalue weighted by Crippen LogP contribution is -2.07. The maximum atomic E-state index is 5.54. The summed E-state index contributed by atoms with van der Waals surface area (Å²) < 4.78 is 5.54. The van der Waals surface area contributed by atoms with Gasteiger partial charge in [0.1, 0.15) is 11.5 Å². The molecule has 0 fully saturated rings. The average molecular weight is 230 g/mol. The molecule has 0 aliphatic carbocycles. The highest BCUT2D eigenvalue weighted by molar-refractivity contribution is 5.45. The van der Waals surface area contributed by atoms with Crippen LogP contribution >= 0.6 is 0 Å². The number of hydrogen-bond donors (Lipinski definition) is 1. The van der Waals surface area contributed by atoms with Crippen LogP contribution in [0.15, 0.2) is 28.9 Å². The van der Waals surface area contributed by atoms with Crippen LogP contribution in [0.3, 0.4) is 0 Å². The van der Waals surface area contributed by atoms with Gasteiger partial charge >= 0.3 is 0 Å². The van der Waals surface area contributed by atoms with E-state index in [1.54, 1.807) is 0 Å². The van der Waals surface area contributed by atoms with Crippen molar-refractivity contribution in [2.24, 2.45) is 0 Å².